The van der Waals surface area contributed by atoms with Gasteiger partial charge in [-0.25, -0.2) is 0 Å². The van der Waals surface area contributed by atoms with Gasteiger partial charge in [-0.3, -0.25) is 4.79 Å². The fraction of sp³-hybridized carbons (Fsp3) is 0.353. The molecule has 2 aromatic carbocycles. The number of nitrogens with two attached hydrogens (primary N) is 1. The highest BCUT2D eigenvalue weighted by Crippen LogP contribution is 2.24. The molecule has 3 heteroatoms. The first-order valence-corrected chi connectivity index (χ1v) is 7.21. The van der Waals surface area contributed by atoms with Gasteiger partial charge in [0, 0.05) is 12.6 Å². The molecule has 3 nitrogen and oxygen atoms in total. The Kier molecular flexibility index (Phi) is 3.70. The normalized spacial score (nSPS) is 21.4. The van der Waals surface area contributed by atoms with E-state index in [2.05, 4.69) is 23.5 Å². The van der Waals surface area contributed by atoms with Crippen LogP contribution in [0.1, 0.15) is 18.4 Å². The zero-order valence-electron chi connectivity index (χ0n) is 11.5. The number of rotatable bonds is 4. The number of fused-ring (bicyclic) bond motifs is 1. The third-order valence-corrected chi connectivity index (χ3v) is 4.09. The lowest BCUT2D eigenvalue weighted by Gasteiger charge is -2.32. The first-order valence-electron chi connectivity index (χ1n) is 7.21. The molecule has 0 aliphatic heterocycles. The zero-order chi connectivity index (χ0) is 13.9. The quantitative estimate of drug-likeness (QED) is 0.893. The first-order chi connectivity index (χ1) is 9.72. The Bertz CT molecular complexity index is 612. The summed E-state index contributed by atoms with van der Waals surface area (Å²) in [6.07, 6.45) is 2.52. The number of nitrogens with one attached hydrogen (secondary N) is 1. The average Bonchev–Trinajstić information content (AvgIpc) is 2.43. The molecule has 0 unspecified atom stereocenters. The lowest BCUT2D eigenvalue weighted by atomic mass is 9.81. The van der Waals surface area contributed by atoms with Crippen LogP contribution in [0.4, 0.5) is 0 Å². The molecule has 0 atom stereocenters. The molecule has 1 saturated carbocycles. The fourth-order valence-corrected chi connectivity index (χ4v) is 2.89. The van der Waals surface area contributed by atoms with Crippen molar-refractivity contribution in [2.24, 2.45) is 11.7 Å². The molecule has 20 heavy (non-hydrogen) atoms. The van der Waals surface area contributed by atoms with Gasteiger partial charge in [-0.1, -0.05) is 42.5 Å². The second kappa shape index (κ2) is 5.63. The average molecular weight is 268 g/mol. The smallest absolute Gasteiger partial charge is 0.224 e. The third kappa shape index (κ3) is 2.83. The summed E-state index contributed by atoms with van der Waals surface area (Å²) in [4.78, 5) is 12.0. The first kappa shape index (κ1) is 13.1. The Hall–Kier alpha value is -1.87. The van der Waals surface area contributed by atoms with E-state index in [1.165, 1.54) is 5.39 Å². The van der Waals surface area contributed by atoms with E-state index in [1.807, 2.05) is 24.3 Å². The van der Waals surface area contributed by atoms with Gasteiger partial charge in [-0.2, -0.15) is 0 Å². The molecule has 0 aromatic heterocycles. The van der Waals surface area contributed by atoms with Crippen LogP contribution in [0.5, 0.6) is 0 Å². The molecule has 3 rings (SSSR count). The highest BCUT2D eigenvalue weighted by atomic mass is 16.1. The predicted octanol–water partition coefficient (Wildman–Crippen LogP) is 2.24. The minimum atomic E-state index is 0.0989. The van der Waals surface area contributed by atoms with Gasteiger partial charge in [0.1, 0.15) is 0 Å². The van der Waals surface area contributed by atoms with E-state index in [0.717, 1.165) is 30.3 Å². The lowest BCUT2D eigenvalue weighted by Crippen LogP contribution is -2.42. The van der Waals surface area contributed by atoms with Crippen LogP contribution >= 0.6 is 0 Å². The molecule has 0 bridgehead atoms. The summed E-state index contributed by atoms with van der Waals surface area (Å²) in [5.74, 6) is 0.670. The van der Waals surface area contributed by atoms with Crippen LogP contribution in [0, 0.1) is 5.92 Å². The van der Waals surface area contributed by atoms with Crippen molar-refractivity contribution in [3.05, 3.63) is 48.0 Å². The SMILES string of the molecule is NC1CC(CNC(=O)Cc2cccc3ccccc23)C1. The van der Waals surface area contributed by atoms with Crippen molar-refractivity contribution in [3.63, 3.8) is 0 Å². The second-order valence-corrected chi connectivity index (χ2v) is 5.72. The maximum absolute atomic E-state index is 12.0. The summed E-state index contributed by atoms with van der Waals surface area (Å²) in [7, 11) is 0. The Morgan fingerprint density at radius 1 is 1.15 bits per heavy atom. The summed E-state index contributed by atoms with van der Waals surface area (Å²) in [6.45, 7) is 0.761. The molecule has 1 aliphatic carbocycles. The molecule has 0 spiro atoms. The third-order valence-electron chi connectivity index (χ3n) is 4.09. The number of carbonyl (C=O) groups excluding carboxylic acids is 1. The van der Waals surface area contributed by atoms with Crippen molar-refractivity contribution in [2.45, 2.75) is 25.3 Å². The summed E-state index contributed by atoms with van der Waals surface area (Å²) >= 11 is 0. The monoisotopic (exact) mass is 268 g/mol. The number of benzene rings is 2. The van der Waals surface area contributed by atoms with Gasteiger partial charge < -0.3 is 11.1 Å². The summed E-state index contributed by atoms with van der Waals surface area (Å²) in [5, 5.41) is 5.37. The lowest BCUT2D eigenvalue weighted by molar-refractivity contribution is -0.120. The van der Waals surface area contributed by atoms with Crippen LogP contribution in [-0.2, 0) is 11.2 Å². The molecular weight excluding hydrogens is 248 g/mol. The van der Waals surface area contributed by atoms with Gasteiger partial charge in [0.15, 0.2) is 0 Å². The summed E-state index contributed by atoms with van der Waals surface area (Å²) in [5.41, 5.74) is 6.84. The van der Waals surface area contributed by atoms with E-state index in [1.54, 1.807) is 0 Å². The number of hydrogen-bond acceptors (Lipinski definition) is 2. The van der Waals surface area contributed by atoms with Crippen LogP contribution < -0.4 is 11.1 Å². The van der Waals surface area contributed by atoms with Gasteiger partial charge in [0.05, 0.1) is 6.42 Å². The molecule has 3 N–H and O–H groups in total. The predicted molar refractivity (Wildman–Crippen MR) is 81.4 cm³/mol. The highest BCUT2D eigenvalue weighted by Gasteiger charge is 2.25. The second-order valence-electron chi connectivity index (χ2n) is 5.72. The molecular formula is C17H20N2O. The fourth-order valence-electron chi connectivity index (χ4n) is 2.89. The van der Waals surface area contributed by atoms with Crippen LogP contribution in [0.3, 0.4) is 0 Å². The van der Waals surface area contributed by atoms with Crippen LogP contribution in [0.25, 0.3) is 10.8 Å². The molecule has 1 aliphatic rings. The number of amides is 1. The van der Waals surface area contributed by atoms with E-state index < -0.39 is 0 Å². The van der Waals surface area contributed by atoms with Crippen molar-refractivity contribution in [1.29, 1.82) is 0 Å². The van der Waals surface area contributed by atoms with Gasteiger partial charge in [-0.15, -0.1) is 0 Å². The standard InChI is InChI=1S/C17H20N2O/c18-15-8-12(9-15)11-19-17(20)10-14-6-3-5-13-4-1-2-7-16(13)14/h1-7,12,15H,8-11,18H2,(H,19,20). The Labute approximate surface area is 119 Å². The molecule has 0 saturated heterocycles. The van der Waals surface area contributed by atoms with Gasteiger partial charge >= 0.3 is 0 Å². The Morgan fingerprint density at radius 2 is 1.90 bits per heavy atom. The molecule has 0 radical (unpaired) electrons. The minimum Gasteiger partial charge on any atom is -0.356 e. The van der Waals surface area contributed by atoms with Crippen molar-refractivity contribution in [3.8, 4) is 0 Å². The number of carbonyl (C=O) groups is 1. The summed E-state index contributed by atoms with van der Waals surface area (Å²) in [6, 6.07) is 14.6. The molecule has 0 heterocycles. The zero-order valence-corrected chi connectivity index (χ0v) is 11.5. The van der Waals surface area contributed by atoms with Crippen molar-refractivity contribution in [2.75, 3.05) is 6.54 Å². The van der Waals surface area contributed by atoms with Gasteiger partial charge in [-0.05, 0) is 35.1 Å². The van der Waals surface area contributed by atoms with Crippen LogP contribution in [-0.4, -0.2) is 18.5 Å². The maximum atomic E-state index is 12.0. The molecule has 104 valence electrons. The van der Waals surface area contributed by atoms with Gasteiger partial charge in [0.2, 0.25) is 5.91 Å². The molecule has 1 fully saturated rings. The maximum Gasteiger partial charge on any atom is 0.224 e. The topological polar surface area (TPSA) is 55.1 Å². The van der Waals surface area contributed by atoms with Crippen LogP contribution in [0.2, 0.25) is 0 Å². The van der Waals surface area contributed by atoms with Gasteiger partial charge in [0.25, 0.3) is 0 Å². The van der Waals surface area contributed by atoms with E-state index >= 15 is 0 Å². The molecule has 1 amide bonds. The van der Waals surface area contributed by atoms with E-state index in [4.69, 9.17) is 5.73 Å². The number of hydrogen-bond donors (Lipinski definition) is 2. The van der Waals surface area contributed by atoms with E-state index in [9.17, 15) is 4.79 Å². The highest BCUT2D eigenvalue weighted by molar-refractivity contribution is 5.90. The Balaban J connectivity index is 1.62. The van der Waals surface area contributed by atoms with Crippen LogP contribution in [0.15, 0.2) is 42.5 Å². The van der Waals surface area contributed by atoms with E-state index in [-0.39, 0.29) is 5.91 Å². The Morgan fingerprint density at radius 3 is 2.70 bits per heavy atom. The summed E-state index contributed by atoms with van der Waals surface area (Å²) < 4.78 is 0. The largest absolute Gasteiger partial charge is 0.356 e. The van der Waals surface area contributed by atoms with Crippen molar-refractivity contribution < 1.29 is 4.79 Å². The molecule has 2 aromatic rings. The van der Waals surface area contributed by atoms with Crippen molar-refractivity contribution >= 4 is 16.7 Å². The minimum absolute atomic E-state index is 0.0989. The van der Waals surface area contributed by atoms with Crippen molar-refractivity contribution in [1.82, 2.24) is 5.32 Å². The van der Waals surface area contributed by atoms with E-state index in [0.29, 0.717) is 18.4 Å².